The van der Waals surface area contributed by atoms with Crippen LogP contribution in [0.1, 0.15) is 5.56 Å². The van der Waals surface area contributed by atoms with E-state index in [2.05, 4.69) is 25.7 Å². The zero-order valence-corrected chi connectivity index (χ0v) is 12.4. The maximum atomic E-state index is 12.0. The van der Waals surface area contributed by atoms with Crippen molar-refractivity contribution >= 4 is 27.5 Å². The van der Waals surface area contributed by atoms with Crippen LogP contribution in [0.3, 0.4) is 0 Å². The molecule has 0 unspecified atom stereocenters. The Morgan fingerprint density at radius 3 is 2.76 bits per heavy atom. The fourth-order valence-corrected chi connectivity index (χ4v) is 3.01. The highest BCUT2D eigenvalue weighted by atomic mass is 32.1. The zero-order chi connectivity index (χ0) is 14.5. The largest absolute Gasteiger partial charge is 0.344 e. The molecule has 1 aliphatic heterocycles. The molecular weight excluding hydrogens is 286 g/mol. The van der Waals surface area contributed by atoms with E-state index in [4.69, 9.17) is 0 Å². The quantitative estimate of drug-likeness (QED) is 0.886. The highest BCUT2D eigenvalue weighted by Crippen LogP contribution is 2.24. The Labute approximate surface area is 127 Å². The van der Waals surface area contributed by atoms with Crippen molar-refractivity contribution in [3.63, 3.8) is 0 Å². The second kappa shape index (κ2) is 6.64. The van der Waals surface area contributed by atoms with Gasteiger partial charge in [0.15, 0.2) is 0 Å². The molecule has 2 N–H and O–H groups in total. The van der Waals surface area contributed by atoms with E-state index in [9.17, 15) is 4.79 Å². The average Bonchev–Trinajstić information content (AvgIpc) is 2.97. The normalized spacial score (nSPS) is 15.0. The lowest BCUT2D eigenvalue weighted by Gasteiger charge is -2.26. The minimum absolute atomic E-state index is 0.0655. The van der Waals surface area contributed by atoms with E-state index in [1.807, 2.05) is 30.3 Å². The molecule has 0 radical (unpaired) electrons. The number of hydrogen-bond donors (Lipinski definition) is 2. The first kappa shape index (κ1) is 14.0. The predicted octanol–water partition coefficient (Wildman–Crippen LogP) is 1.13. The number of nitrogens with zero attached hydrogens (tertiary/aromatic N) is 3. The topological polar surface area (TPSA) is 70.2 Å². The zero-order valence-electron chi connectivity index (χ0n) is 11.6. The fraction of sp³-hybridized carbons (Fsp3) is 0.357. The number of carbonyl (C=O) groups is 1. The molecule has 2 heterocycles. The van der Waals surface area contributed by atoms with Crippen LogP contribution in [0.2, 0.25) is 0 Å². The lowest BCUT2D eigenvalue weighted by molar-refractivity contribution is -0.115. The first-order valence-corrected chi connectivity index (χ1v) is 7.76. The Hall–Kier alpha value is -1.99. The number of anilines is 2. The molecule has 7 heteroatoms. The first-order chi connectivity index (χ1) is 10.3. The standard InChI is InChI=1S/C14H17N5OS/c20-12(10-11-4-2-1-3-5-11)16-13-17-18-14(21-13)19-8-6-15-7-9-19/h1-5,15H,6-10H2,(H,16,17,20). The summed E-state index contributed by atoms with van der Waals surface area (Å²) in [6.07, 6.45) is 0.351. The van der Waals surface area contributed by atoms with E-state index in [0.29, 0.717) is 11.6 Å². The molecule has 1 amide bonds. The Morgan fingerprint density at radius 2 is 2.00 bits per heavy atom. The highest BCUT2D eigenvalue weighted by Gasteiger charge is 2.16. The number of benzene rings is 1. The van der Waals surface area contributed by atoms with Crippen molar-refractivity contribution in [2.24, 2.45) is 0 Å². The van der Waals surface area contributed by atoms with Gasteiger partial charge < -0.3 is 15.5 Å². The molecule has 110 valence electrons. The Balaban J connectivity index is 1.57. The molecule has 3 rings (SSSR count). The van der Waals surface area contributed by atoms with Crippen LogP contribution in [-0.2, 0) is 11.2 Å². The van der Waals surface area contributed by atoms with Gasteiger partial charge in [-0.2, -0.15) is 0 Å². The molecule has 0 spiro atoms. The molecule has 1 aromatic carbocycles. The molecule has 6 nitrogen and oxygen atoms in total. The van der Waals surface area contributed by atoms with E-state index >= 15 is 0 Å². The van der Waals surface area contributed by atoms with Gasteiger partial charge in [0.25, 0.3) is 0 Å². The van der Waals surface area contributed by atoms with Crippen molar-refractivity contribution < 1.29 is 4.79 Å². The lowest BCUT2D eigenvalue weighted by atomic mass is 10.1. The Kier molecular flexibility index (Phi) is 4.42. The summed E-state index contributed by atoms with van der Waals surface area (Å²) >= 11 is 1.42. The van der Waals surface area contributed by atoms with Gasteiger partial charge in [-0.15, -0.1) is 10.2 Å². The second-order valence-electron chi connectivity index (χ2n) is 4.84. The molecule has 1 fully saturated rings. The van der Waals surface area contributed by atoms with E-state index in [-0.39, 0.29) is 5.91 Å². The molecule has 0 saturated carbocycles. The second-order valence-corrected chi connectivity index (χ2v) is 5.79. The van der Waals surface area contributed by atoms with Crippen molar-refractivity contribution in [2.75, 3.05) is 36.4 Å². The van der Waals surface area contributed by atoms with Gasteiger partial charge >= 0.3 is 0 Å². The van der Waals surface area contributed by atoms with Gasteiger partial charge in [-0.1, -0.05) is 41.7 Å². The number of aromatic nitrogens is 2. The van der Waals surface area contributed by atoms with Crippen LogP contribution in [-0.4, -0.2) is 42.3 Å². The van der Waals surface area contributed by atoms with Crippen LogP contribution in [0, 0.1) is 0 Å². The first-order valence-electron chi connectivity index (χ1n) is 6.94. The van der Waals surface area contributed by atoms with Crippen molar-refractivity contribution in [3.8, 4) is 0 Å². The number of piperazine rings is 1. The van der Waals surface area contributed by atoms with Gasteiger partial charge in [-0.3, -0.25) is 4.79 Å². The third kappa shape index (κ3) is 3.77. The smallest absolute Gasteiger partial charge is 0.230 e. The molecule has 0 bridgehead atoms. The molecule has 2 aromatic rings. The van der Waals surface area contributed by atoms with E-state index in [1.165, 1.54) is 11.3 Å². The maximum Gasteiger partial charge on any atom is 0.230 e. The van der Waals surface area contributed by atoms with Crippen molar-refractivity contribution in [3.05, 3.63) is 35.9 Å². The SMILES string of the molecule is O=C(Cc1ccccc1)Nc1nnc(N2CCNCC2)s1. The molecule has 1 aromatic heterocycles. The number of carbonyl (C=O) groups excluding carboxylic acids is 1. The molecule has 21 heavy (non-hydrogen) atoms. The van der Waals surface area contributed by atoms with Crippen molar-refractivity contribution in [1.29, 1.82) is 0 Å². The van der Waals surface area contributed by atoms with Gasteiger partial charge in [-0.25, -0.2) is 0 Å². The van der Waals surface area contributed by atoms with Crippen LogP contribution >= 0.6 is 11.3 Å². The minimum atomic E-state index is -0.0655. The number of rotatable bonds is 4. The molecule has 0 atom stereocenters. The van der Waals surface area contributed by atoms with Crippen molar-refractivity contribution in [1.82, 2.24) is 15.5 Å². The van der Waals surface area contributed by atoms with Gasteiger partial charge in [0.2, 0.25) is 16.2 Å². The number of nitrogens with one attached hydrogen (secondary N) is 2. The average molecular weight is 303 g/mol. The monoisotopic (exact) mass is 303 g/mol. The van der Waals surface area contributed by atoms with Gasteiger partial charge in [0, 0.05) is 26.2 Å². The molecule has 1 saturated heterocycles. The van der Waals surface area contributed by atoms with Gasteiger partial charge in [0.1, 0.15) is 0 Å². The third-order valence-electron chi connectivity index (χ3n) is 3.26. The predicted molar refractivity (Wildman–Crippen MR) is 83.8 cm³/mol. The van der Waals surface area contributed by atoms with E-state index in [1.54, 1.807) is 0 Å². The Bertz CT molecular complexity index is 594. The summed E-state index contributed by atoms with van der Waals surface area (Å²) in [7, 11) is 0. The third-order valence-corrected chi connectivity index (χ3v) is 4.16. The Morgan fingerprint density at radius 1 is 1.24 bits per heavy atom. The number of hydrogen-bond acceptors (Lipinski definition) is 6. The minimum Gasteiger partial charge on any atom is -0.344 e. The van der Waals surface area contributed by atoms with Crippen LogP contribution in [0.4, 0.5) is 10.3 Å². The summed E-state index contributed by atoms with van der Waals surface area (Å²) in [6, 6.07) is 9.66. The van der Waals surface area contributed by atoms with Crippen LogP contribution < -0.4 is 15.5 Å². The summed E-state index contributed by atoms with van der Waals surface area (Å²) in [5.41, 5.74) is 0.988. The van der Waals surface area contributed by atoms with Gasteiger partial charge in [0.05, 0.1) is 6.42 Å². The molecule has 0 aliphatic carbocycles. The van der Waals surface area contributed by atoms with Gasteiger partial charge in [-0.05, 0) is 5.56 Å². The van der Waals surface area contributed by atoms with E-state index in [0.717, 1.165) is 36.9 Å². The van der Waals surface area contributed by atoms with Crippen LogP contribution in [0.25, 0.3) is 0 Å². The summed E-state index contributed by atoms with van der Waals surface area (Å²) < 4.78 is 0. The van der Waals surface area contributed by atoms with Crippen LogP contribution in [0.5, 0.6) is 0 Å². The van der Waals surface area contributed by atoms with Crippen LogP contribution in [0.15, 0.2) is 30.3 Å². The molecular formula is C14H17N5OS. The summed E-state index contributed by atoms with van der Waals surface area (Å²) in [5.74, 6) is -0.0655. The summed E-state index contributed by atoms with van der Waals surface area (Å²) in [6.45, 7) is 3.75. The number of amides is 1. The summed E-state index contributed by atoms with van der Waals surface area (Å²) in [5, 5.41) is 15.7. The van der Waals surface area contributed by atoms with E-state index < -0.39 is 0 Å². The lowest BCUT2D eigenvalue weighted by Crippen LogP contribution is -2.43. The fourth-order valence-electron chi connectivity index (χ4n) is 2.19. The summed E-state index contributed by atoms with van der Waals surface area (Å²) in [4.78, 5) is 14.2. The maximum absolute atomic E-state index is 12.0. The van der Waals surface area contributed by atoms with Crippen molar-refractivity contribution in [2.45, 2.75) is 6.42 Å². The highest BCUT2D eigenvalue weighted by molar-refractivity contribution is 7.19. The molecule has 1 aliphatic rings.